The number of ether oxygens (including phenoxy) is 1. The van der Waals surface area contributed by atoms with Gasteiger partial charge in [0.25, 0.3) is 0 Å². The Morgan fingerprint density at radius 2 is 1.91 bits per heavy atom. The number of anilines is 1. The van der Waals surface area contributed by atoms with Crippen LogP contribution in [0.25, 0.3) is 0 Å². The first-order valence-corrected chi connectivity index (χ1v) is 8.88. The van der Waals surface area contributed by atoms with E-state index in [9.17, 15) is 0 Å². The summed E-state index contributed by atoms with van der Waals surface area (Å²) in [5.41, 5.74) is 3.46. The molecule has 1 saturated heterocycles. The van der Waals surface area contributed by atoms with Crippen LogP contribution in [0.4, 0.5) is 5.69 Å². The van der Waals surface area contributed by atoms with Crippen molar-refractivity contribution in [3.8, 4) is 0 Å². The highest BCUT2D eigenvalue weighted by Crippen LogP contribution is 2.24. The predicted molar refractivity (Wildman–Crippen MR) is 99.7 cm³/mol. The van der Waals surface area contributed by atoms with Crippen molar-refractivity contribution in [3.63, 3.8) is 0 Å². The van der Waals surface area contributed by atoms with Gasteiger partial charge in [0.15, 0.2) is 5.11 Å². The van der Waals surface area contributed by atoms with E-state index in [1.54, 1.807) is 0 Å². The summed E-state index contributed by atoms with van der Waals surface area (Å²) in [5, 5.41) is 7.29. The van der Waals surface area contributed by atoms with E-state index in [0.717, 1.165) is 56.0 Å². The number of hydrogen-bond donors (Lipinski definition) is 2. The summed E-state index contributed by atoms with van der Waals surface area (Å²) in [7, 11) is 0. The molecule has 0 saturated carbocycles. The van der Waals surface area contributed by atoms with Gasteiger partial charge in [-0.25, -0.2) is 0 Å². The van der Waals surface area contributed by atoms with Gasteiger partial charge in [-0.1, -0.05) is 15.9 Å². The number of morpholine rings is 1. The third kappa shape index (κ3) is 5.50. The first kappa shape index (κ1) is 17.7. The second kappa shape index (κ2) is 8.82. The molecule has 6 heteroatoms. The Bertz CT molecular complexity index is 495. The van der Waals surface area contributed by atoms with Crippen molar-refractivity contribution >= 4 is 38.9 Å². The molecule has 2 N–H and O–H groups in total. The topological polar surface area (TPSA) is 36.5 Å². The lowest BCUT2D eigenvalue weighted by atomic mass is 10.1. The molecule has 0 bridgehead atoms. The lowest BCUT2D eigenvalue weighted by Gasteiger charge is -2.26. The number of nitrogens with zero attached hydrogens (tertiary/aromatic N) is 1. The van der Waals surface area contributed by atoms with E-state index in [1.165, 1.54) is 11.1 Å². The average Bonchev–Trinajstić information content (AvgIpc) is 2.48. The monoisotopic (exact) mass is 385 g/mol. The van der Waals surface area contributed by atoms with Gasteiger partial charge < -0.3 is 15.4 Å². The molecule has 0 radical (unpaired) electrons. The summed E-state index contributed by atoms with van der Waals surface area (Å²) in [4.78, 5) is 2.44. The van der Waals surface area contributed by atoms with E-state index in [2.05, 4.69) is 57.4 Å². The lowest BCUT2D eigenvalue weighted by molar-refractivity contribution is 0.0376. The Kier molecular flexibility index (Phi) is 7.08. The largest absolute Gasteiger partial charge is 0.379 e. The van der Waals surface area contributed by atoms with E-state index in [0.29, 0.717) is 5.11 Å². The van der Waals surface area contributed by atoms with Crippen molar-refractivity contribution in [1.82, 2.24) is 10.2 Å². The summed E-state index contributed by atoms with van der Waals surface area (Å²) in [5.74, 6) is 0. The number of aryl methyl sites for hydroxylation is 2. The van der Waals surface area contributed by atoms with Crippen molar-refractivity contribution < 1.29 is 4.74 Å². The molecule has 1 aliphatic rings. The normalized spacial score (nSPS) is 15.6. The highest BCUT2D eigenvalue weighted by Gasteiger charge is 2.09. The van der Waals surface area contributed by atoms with Crippen LogP contribution in [0.3, 0.4) is 0 Å². The van der Waals surface area contributed by atoms with Crippen LogP contribution in [0.1, 0.15) is 17.5 Å². The Balaban J connectivity index is 1.71. The fraction of sp³-hybridized carbons (Fsp3) is 0.562. The minimum Gasteiger partial charge on any atom is -0.379 e. The number of thiocarbonyl (C=S) groups is 1. The third-order valence-electron chi connectivity index (χ3n) is 3.78. The fourth-order valence-electron chi connectivity index (χ4n) is 2.59. The number of hydrogen-bond acceptors (Lipinski definition) is 3. The number of nitrogens with one attached hydrogen (secondary N) is 2. The molecule has 0 unspecified atom stereocenters. The minimum atomic E-state index is 0.690. The van der Waals surface area contributed by atoms with Gasteiger partial charge >= 0.3 is 0 Å². The molecule has 1 aromatic carbocycles. The Hall–Kier alpha value is -0.690. The molecule has 22 heavy (non-hydrogen) atoms. The molecule has 4 nitrogen and oxygen atoms in total. The van der Waals surface area contributed by atoms with Crippen LogP contribution in [0.5, 0.6) is 0 Å². The van der Waals surface area contributed by atoms with Gasteiger partial charge in [-0.05, 0) is 62.3 Å². The molecule has 0 aliphatic carbocycles. The van der Waals surface area contributed by atoms with Gasteiger partial charge in [0.2, 0.25) is 0 Å². The van der Waals surface area contributed by atoms with Crippen molar-refractivity contribution in [2.75, 3.05) is 44.7 Å². The van der Waals surface area contributed by atoms with Crippen LogP contribution >= 0.6 is 28.1 Å². The summed E-state index contributed by atoms with van der Waals surface area (Å²) < 4.78 is 6.44. The Labute approximate surface area is 146 Å². The van der Waals surface area contributed by atoms with Crippen molar-refractivity contribution in [2.45, 2.75) is 20.3 Å². The van der Waals surface area contributed by atoms with E-state index in [-0.39, 0.29) is 0 Å². The van der Waals surface area contributed by atoms with Gasteiger partial charge in [0.05, 0.1) is 13.2 Å². The zero-order chi connectivity index (χ0) is 15.9. The number of benzene rings is 1. The van der Waals surface area contributed by atoms with E-state index in [4.69, 9.17) is 17.0 Å². The smallest absolute Gasteiger partial charge is 0.170 e. The molecule has 1 aliphatic heterocycles. The number of rotatable bonds is 5. The second-order valence-corrected chi connectivity index (χ2v) is 6.93. The maximum Gasteiger partial charge on any atom is 0.170 e. The van der Waals surface area contributed by atoms with Gasteiger partial charge in [-0.2, -0.15) is 0 Å². The molecular weight excluding hydrogens is 362 g/mol. The zero-order valence-corrected chi connectivity index (χ0v) is 15.6. The van der Waals surface area contributed by atoms with Crippen LogP contribution in [0.2, 0.25) is 0 Å². The average molecular weight is 386 g/mol. The van der Waals surface area contributed by atoms with Gasteiger partial charge in [-0.3, -0.25) is 4.90 Å². The lowest BCUT2D eigenvalue weighted by Crippen LogP contribution is -2.38. The molecule has 1 fully saturated rings. The van der Waals surface area contributed by atoms with Gasteiger partial charge in [0, 0.05) is 29.8 Å². The molecular formula is C16H24BrN3OS. The van der Waals surface area contributed by atoms with E-state index < -0.39 is 0 Å². The molecule has 2 rings (SSSR count). The molecule has 0 aromatic heterocycles. The quantitative estimate of drug-likeness (QED) is 0.601. The van der Waals surface area contributed by atoms with Gasteiger partial charge in [-0.15, -0.1) is 0 Å². The highest BCUT2D eigenvalue weighted by molar-refractivity contribution is 9.10. The second-order valence-electron chi connectivity index (χ2n) is 5.60. The van der Waals surface area contributed by atoms with E-state index in [1.807, 2.05) is 0 Å². The standard InChI is InChI=1S/C16H24BrN3OS/c1-12-10-14(17)11-13(2)15(12)19-16(22)18-4-3-5-20-6-8-21-9-7-20/h10-11H,3-9H2,1-2H3,(H2,18,19,22). The van der Waals surface area contributed by atoms with Crippen LogP contribution in [-0.2, 0) is 4.74 Å². The molecule has 0 spiro atoms. The van der Waals surface area contributed by atoms with Crippen LogP contribution in [0, 0.1) is 13.8 Å². The van der Waals surface area contributed by atoms with Crippen LogP contribution in [0.15, 0.2) is 16.6 Å². The molecule has 0 amide bonds. The molecule has 0 atom stereocenters. The van der Waals surface area contributed by atoms with Crippen molar-refractivity contribution in [3.05, 3.63) is 27.7 Å². The maximum absolute atomic E-state index is 5.39. The van der Waals surface area contributed by atoms with Gasteiger partial charge in [0.1, 0.15) is 0 Å². The Morgan fingerprint density at radius 1 is 1.27 bits per heavy atom. The maximum atomic E-state index is 5.39. The molecule has 122 valence electrons. The Morgan fingerprint density at radius 3 is 2.55 bits per heavy atom. The fourth-order valence-corrected chi connectivity index (χ4v) is 3.49. The summed E-state index contributed by atoms with van der Waals surface area (Å²) >= 11 is 8.90. The SMILES string of the molecule is Cc1cc(Br)cc(C)c1NC(=S)NCCCN1CCOCC1. The molecule has 1 heterocycles. The van der Waals surface area contributed by atoms with Crippen LogP contribution in [-0.4, -0.2) is 49.4 Å². The zero-order valence-electron chi connectivity index (χ0n) is 13.2. The minimum absolute atomic E-state index is 0.690. The predicted octanol–water partition coefficient (Wildman–Crippen LogP) is 3.07. The van der Waals surface area contributed by atoms with Crippen molar-refractivity contribution in [1.29, 1.82) is 0 Å². The number of halogens is 1. The first-order valence-electron chi connectivity index (χ1n) is 7.68. The van der Waals surface area contributed by atoms with Crippen LogP contribution < -0.4 is 10.6 Å². The summed E-state index contributed by atoms with van der Waals surface area (Å²) in [6.07, 6.45) is 1.08. The summed E-state index contributed by atoms with van der Waals surface area (Å²) in [6.45, 7) is 9.94. The third-order valence-corrected chi connectivity index (χ3v) is 4.48. The van der Waals surface area contributed by atoms with Crippen molar-refractivity contribution in [2.24, 2.45) is 0 Å². The highest BCUT2D eigenvalue weighted by atomic mass is 79.9. The van der Waals surface area contributed by atoms with E-state index >= 15 is 0 Å². The summed E-state index contributed by atoms with van der Waals surface area (Å²) in [6, 6.07) is 4.19. The first-order chi connectivity index (χ1) is 10.6. The molecule has 1 aromatic rings.